The lowest BCUT2D eigenvalue weighted by atomic mass is 9.89. The van der Waals surface area contributed by atoms with Crippen molar-refractivity contribution >= 4 is 27.5 Å². The van der Waals surface area contributed by atoms with Crippen LogP contribution >= 0.6 is 27.5 Å². The van der Waals surface area contributed by atoms with Crippen LogP contribution in [0.15, 0.2) is 28.7 Å². The lowest BCUT2D eigenvalue weighted by Crippen LogP contribution is -2.20. The van der Waals surface area contributed by atoms with Crippen molar-refractivity contribution in [2.75, 3.05) is 0 Å². The quantitative estimate of drug-likeness (QED) is 0.924. The first-order valence-electron chi connectivity index (χ1n) is 6.20. The molecule has 19 heavy (non-hydrogen) atoms. The van der Waals surface area contributed by atoms with E-state index in [0.29, 0.717) is 0 Å². The minimum absolute atomic E-state index is 0.0142. The third-order valence-corrected chi connectivity index (χ3v) is 4.31. The zero-order valence-electron chi connectivity index (χ0n) is 11.4. The van der Waals surface area contributed by atoms with E-state index in [1.54, 1.807) is 0 Å². The zero-order chi connectivity index (χ0) is 14.0. The smallest absolute Gasteiger partial charge is 0.0857 e. The number of nitrogens with zero attached hydrogens (tertiary/aromatic N) is 2. The van der Waals surface area contributed by atoms with Crippen LogP contribution < -0.4 is 5.73 Å². The first-order valence-corrected chi connectivity index (χ1v) is 7.77. The highest BCUT2D eigenvalue weighted by Crippen LogP contribution is 2.30. The van der Waals surface area contributed by atoms with Crippen LogP contribution in [0, 0.1) is 0 Å². The van der Waals surface area contributed by atoms with Crippen molar-refractivity contribution in [2.45, 2.75) is 38.6 Å². The van der Waals surface area contributed by atoms with E-state index in [-0.39, 0.29) is 11.5 Å². The summed E-state index contributed by atoms with van der Waals surface area (Å²) in [6, 6.07) is 8.22. The molecular formula is C14H18BrN3S. The van der Waals surface area contributed by atoms with Crippen molar-refractivity contribution < 1.29 is 0 Å². The van der Waals surface area contributed by atoms with Crippen molar-refractivity contribution in [1.82, 2.24) is 9.59 Å². The van der Waals surface area contributed by atoms with E-state index in [0.717, 1.165) is 21.5 Å². The van der Waals surface area contributed by atoms with Crippen LogP contribution in [-0.4, -0.2) is 9.59 Å². The maximum Gasteiger partial charge on any atom is 0.0857 e. The number of aromatic nitrogens is 2. The average molecular weight is 340 g/mol. The first-order chi connectivity index (χ1) is 8.88. The van der Waals surface area contributed by atoms with Crippen molar-refractivity contribution in [3.63, 3.8) is 0 Å². The lowest BCUT2D eigenvalue weighted by molar-refractivity contribution is 0.550. The molecule has 0 radical (unpaired) electrons. The number of nitrogens with two attached hydrogens (primary N) is 1. The van der Waals surface area contributed by atoms with Crippen LogP contribution in [0.5, 0.6) is 0 Å². The highest BCUT2D eigenvalue weighted by molar-refractivity contribution is 9.10. The Labute approximate surface area is 126 Å². The van der Waals surface area contributed by atoms with Gasteiger partial charge in [0, 0.05) is 15.9 Å². The second kappa shape index (κ2) is 5.69. The summed E-state index contributed by atoms with van der Waals surface area (Å²) in [5.41, 5.74) is 8.55. The molecule has 3 nitrogen and oxygen atoms in total. The van der Waals surface area contributed by atoms with Crippen LogP contribution in [0.2, 0.25) is 0 Å². The fraction of sp³-hybridized carbons (Fsp3) is 0.429. The van der Waals surface area contributed by atoms with Gasteiger partial charge in [-0.1, -0.05) is 53.3 Å². The van der Waals surface area contributed by atoms with E-state index in [2.05, 4.69) is 58.4 Å². The van der Waals surface area contributed by atoms with Gasteiger partial charge in [0.1, 0.15) is 0 Å². The van der Waals surface area contributed by atoms with Crippen LogP contribution in [0.25, 0.3) is 0 Å². The molecule has 0 saturated heterocycles. The highest BCUT2D eigenvalue weighted by Gasteiger charge is 2.25. The Hall–Kier alpha value is -0.780. The standard InChI is InChI=1S/C14H18BrN3S/c1-14(2,3)13-12(19-18-17-13)11(16)8-9-4-6-10(15)7-5-9/h4-7,11H,8,16H2,1-3H3. The monoisotopic (exact) mass is 339 g/mol. The minimum atomic E-state index is -0.0459. The number of halogens is 1. The van der Waals surface area contributed by atoms with Gasteiger partial charge in [-0.2, -0.15) is 0 Å². The van der Waals surface area contributed by atoms with E-state index in [9.17, 15) is 0 Å². The normalized spacial score (nSPS) is 13.5. The van der Waals surface area contributed by atoms with Gasteiger partial charge >= 0.3 is 0 Å². The molecule has 1 aromatic heterocycles. The second-order valence-electron chi connectivity index (χ2n) is 5.67. The number of rotatable bonds is 3. The molecule has 1 aromatic carbocycles. The molecule has 1 unspecified atom stereocenters. The Morgan fingerprint density at radius 1 is 1.26 bits per heavy atom. The van der Waals surface area contributed by atoms with Gasteiger partial charge in [0.2, 0.25) is 0 Å². The Bertz CT molecular complexity index is 543. The Kier molecular flexibility index (Phi) is 4.38. The Morgan fingerprint density at radius 2 is 1.89 bits per heavy atom. The molecule has 0 aliphatic rings. The third kappa shape index (κ3) is 3.61. The summed E-state index contributed by atoms with van der Waals surface area (Å²) in [5.74, 6) is 0. The van der Waals surface area contributed by atoms with Crippen LogP contribution in [0.1, 0.15) is 42.9 Å². The summed E-state index contributed by atoms with van der Waals surface area (Å²) in [6.45, 7) is 6.42. The van der Waals surface area contributed by atoms with Crippen LogP contribution in [0.4, 0.5) is 0 Å². The van der Waals surface area contributed by atoms with Crippen molar-refractivity contribution in [2.24, 2.45) is 5.73 Å². The summed E-state index contributed by atoms with van der Waals surface area (Å²) < 4.78 is 5.15. The molecule has 0 saturated carbocycles. The van der Waals surface area contributed by atoms with Crippen molar-refractivity contribution in [3.8, 4) is 0 Å². The Morgan fingerprint density at radius 3 is 2.47 bits per heavy atom. The zero-order valence-corrected chi connectivity index (χ0v) is 13.8. The van der Waals surface area contributed by atoms with E-state index in [1.165, 1.54) is 17.1 Å². The van der Waals surface area contributed by atoms with E-state index in [1.807, 2.05) is 12.1 Å². The minimum Gasteiger partial charge on any atom is -0.323 e. The van der Waals surface area contributed by atoms with E-state index < -0.39 is 0 Å². The van der Waals surface area contributed by atoms with Gasteiger partial charge in [0.15, 0.2) is 0 Å². The molecule has 102 valence electrons. The summed E-state index contributed by atoms with van der Waals surface area (Å²) in [4.78, 5) is 1.09. The van der Waals surface area contributed by atoms with Crippen molar-refractivity contribution in [1.29, 1.82) is 0 Å². The largest absolute Gasteiger partial charge is 0.323 e. The SMILES string of the molecule is CC(C)(C)c1nnsc1C(N)Cc1ccc(Br)cc1. The maximum absolute atomic E-state index is 6.33. The second-order valence-corrected chi connectivity index (χ2v) is 7.37. The molecule has 0 aliphatic heterocycles. The predicted molar refractivity (Wildman–Crippen MR) is 83.4 cm³/mol. The maximum atomic E-state index is 6.33. The van der Waals surface area contributed by atoms with Crippen molar-refractivity contribution in [3.05, 3.63) is 44.9 Å². The molecule has 0 aliphatic carbocycles. The molecule has 0 bridgehead atoms. The molecule has 1 atom stereocenters. The Balaban J connectivity index is 2.19. The number of hydrogen-bond donors (Lipinski definition) is 1. The molecule has 0 spiro atoms. The van der Waals surface area contributed by atoms with Gasteiger partial charge in [0.25, 0.3) is 0 Å². The summed E-state index contributed by atoms with van der Waals surface area (Å²) in [6.07, 6.45) is 0.806. The van der Waals surface area contributed by atoms with Gasteiger partial charge in [-0.15, -0.1) is 5.10 Å². The lowest BCUT2D eigenvalue weighted by Gasteiger charge is -2.19. The van der Waals surface area contributed by atoms with E-state index in [4.69, 9.17) is 5.73 Å². The van der Waals surface area contributed by atoms with Crippen LogP contribution in [-0.2, 0) is 11.8 Å². The highest BCUT2D eigenvalue weighted by atomic mass is 79.9. The molecule has 2 rings (SSSR count). The molecular weight excluding hydrogens is 322 g/mol. The topological polar surface area (TPSA) is 51.8 Å². The fourth-order valence-corrected chi connectivity index (χ4v) is 3.05. The van der Waals surface area contributed by atoms with Crippen LogP contribution in [0.3, 0.4) is 0 Å². The van der Waals surface area contributed by atoms with Gasteiger partial charge in [-0.05, 0) is 35.6 Å². The first kappa shape index (κ1) is 14.6. The molecule has 1 heterocycles. The van der Waals surface area contributed by atoms with Gasteiger partial charge in [-0.25, -0.2) is 0 Å². The number of benzene rings is 1. The summed E-state index contributed by atoms with van der Waals surface area (Å²) >= 11 is 4.85. The summed E-state index contributed by atoms with van der Waals surface area (Å²) in [7, 11) is 0. The van der Waals surface area contributed by atoms with Gasteiger partial charge < -0.3 is 5.73 Å². The van der Waals surface area contributed by atoms with Gasteiger partial charge in [0.05, 0.1) is 10.6 Å². The average Bonchev–Trinajstić information content (AvgIpc) is 2.81. The van der Waals surface area contributed by atoms with E-state index >= 15 is 0 Å². The molecule has 5 heteroatoms. The predicted octanol–water partition coefficient (Wildman–Crippen LogP) is 3.84. The molecule has 0 fully saturated rings. The molecule has 0 amide bonds. The molecule has 2 N–H and O–H groups in total. The number of hydrogen-bond acceptors (Lipinski definition) is 4. The summed E-state index contributed by atoms with van der Waals surface area (Å²) in [5, 5.41) is 4.25. The van der Waals surface area contributed by atoms with Gasteiger partial charge in [-0.3, -0.25) is 0 Å². The fourth-order valence-electron chi connectivity index (χ4n) is 1.93. The third-order valence-electron chi connectivity index (χ3n) is 2.93. The molecule has 2 aromatic rings.